The summed E-state index contributed by atoms with van der Waals surface area (Å²) >= 11 is 7.07. The monoisotopic (exact) mass is 318 g/mol. The number of hydrogen-bond donors (Lipinski definition) is 2. The summed E-state index contributed by atoms with van der Waals surface area (Å²) in [5.74, 6) is 1.80. The first kappa shape index (κ1) is 15.7. The van der Waals surface area contributed by atoms with Gasteiger partial charge in [-0.15, -0.1) is 11.8 Å². The Kier molecular flexibility index (Phi) is 6.37. The molecule has 0 aliphatic heterocycles. The number of rotatable bonds is 6. The summed E-state index contributed by atoms with van der Waals surface area (Å²) in [5.41, 5.74) is 0.948. The summed E-state index contributed by atoms with van der Waals surface area (Å²) in [6.45, 7) is 0.821. The summed E-state index contributed by atoms with van der Waals surface area (Å²) in [4.78, 5) is 1.27. The van der Waals surface area contributed by atoms with Crippen molar-refractivity contribution in [3.8, 4) is 5.75 Å². The predicted octanol–water partition coefficient (Wildman–Crippen LogP) is 3.77. The maximum atomic E-state index is 5.26. The molecule has 2 N–H and O–H groups in total. The minimum Gasteiger partial charge on any atom is -0.497 e. The zero-order valence-corrected chi connectivity index (χ0v) is 13.5. The van der Waals surface area contributed by atoms with Crippen LogP contribution in [0.3, 0.4) is 0 Å². The molecule has 21 heavy (non-hydrogen) atoms. The van der Waals surface area contributed by atoms with Crippen molar-refractivity contribution < 1.29 is 4.74 Å². The molecule has 0 heterocycles. The fraction of sp³-hybridized carbons (Fsp3) is 0.188. The number of ether oxygens (including phenoxy) is 1. The fourth-order valence-electron chi connectivity index (χ4n) is 1.70. The van der Waals surface area contributed by atoms with Gasteiger partial charge in [-0.1, -0.05) is 18.2 Å². The van der Waals surface area contributed by atoms with Gasteiger partial charge in [-0.25, -0.2) is 0 Å². The van der Waals surface area contributed by atoms with Gasteiger partial charge in [0.1, 0.15) is 5.75 Å². The van der Waals surface area contributed by atoms with E-state index in [-0.39, 0.29) is 0 Å². The topological polar surface area (TPSA) is 33.3 Å². The lowest BCUT2D eigenvalue weighted by Gasteiger charge is -2.10. The third kappa shape index (κ3) is 5.65. The van der Waals surface area contributed by atoms with Gasteiger partial charge in [0.05, 0.1) is 7.11 Å². The van der Waals surface area contributed by atoms with Crippen LogP contribution >= 0.6 is 24.0 Å². The van der Waals surface area contributed by atoms with Crippen molar-refractivity contribution in [3.05, 3.63) is 54.6 Å². The van der Waals surface area contributed by atoms with Crippen LogP contribution in [0.1, 0.15) is 0 Å². The number of methoxy groups -OCH3 is 1. The smallest absolute Gasteiger partial charge is 0.170 e. The lowest BCUT2D eigenvalue weighted by atomic mass is 10.3. The summed E-state index contributed by atoms with van der Waals surface area (Å²) in [6, 6.07) is 18.0. The number of hydrogen-bond acceptors (Lipinski definition) is 3. The van der Waals surface area contributed by atoms with E-state index in [4.69, 9.17) is 17.0 Å². The molecule has 0 aliphatic carbocycles. The highest BCUT2D eigenvalue weighted by Crippen LogP contribution is 2.16. The molecule has 3 nitrogen and oxygen atoms in total. The van der Waals surface area contributed by atoms with Gasteiger partial charge in [-0.2, -0.15) is 0 Å². The molecule has 0 fully saturated rings. The Labute approximate surface area is 135 Å². The summed E-state index contributed by atoms with van der Waals surface area (Å²) in [7, 11) is 1.65. The molecule has 0 unspecified atom stereocenters. The van der Waals surface area contributed by atoms with Crippen molar-refractivity contribution in [1.29, 1.82) is 0 Å². The summed E-state index contributed by atoms with van der Waals surface area (Å²) < 4.78 is 5.12. The fourth-order valence-corrected chi connectivity index (χ4v) is 2.71. The second-order valence-corrected chi connectivity index (χ2v) is 5.85. The summed E-state index contributed by atoms with van der Waals surface area (Å²) in [5, 5.41) is 6.98. The van der Waals surface area contributed by atoms with Crippen molar-refractivity contribution >= 4 is 34.8 Å². The Morgan fingerprint density at radius 3 is 2.48 bits per heavy atom. The van der Waals surface area contributed by atoms with Crippen molar-refractivity contribution in [2.75, 3.05) is 24.7 Å². The molecule has 0 bridgehead atoms. The van der Waals surface area contributed by atoms with Crippen LogP contribution in [-0.4, -0.2) is 24.5 Å². The van der Waals surface area contributed by atoms with Gasteiger partial charge in [-0.3, -0.25) is 0 Å². The van der Waals surface area contributed by atoms with Crippen molar-refractivity contribution in [1.82, 2.24) is 5.32 Å². The Morgan fingerprint density at radius 2 is 1.81 bits per heavy atom. The number of nitrogens with one attached hydrogen (secondary N) is 2. The van der Waals surface area contributed by atoms with Gasteiger partial charge in [0.15, 0.2) is 5.11 Å². The van der Waals surface area contributed by atoms with Crippen LogP contribution in [0.2, 0.25) is 0 Å². The second-order valence-electron chi connectivity index (χ2n) is 4.27. The predicted molar refractivity (Wildman–Crippen MR) is 94.4 cm³/mol. The molecule has 0 saturated carbocycles. The van der Waals surface area contributed by atoms with Crippen molar-refractivity contribution in [2.45, 2.75) is 4.90 Å². The van der Waals surface area contributed by atoms with Gasteiger partial charge >= 0.3 is 0 Å². The first-order valence-electron chi connectivity index (χ1n) is 6.64. The molecule has 2 aromatic rings. The van der Waals surface area contributed by atoms with E-state index in [2.05, 4.69) is 22.8 Å². The minimum atomic E-state index is 0.633. The number of benzene rings is 2. The van der Waals surface area contributed by atoms with Crippen molar-refractivity contribution in [2.24, 2.45) is 0 Å². The molecule has 0 aromatic heterocycles. The van der Waals surface area contributed by atoms with Gasteiger partial charge < -0.3 is 15.4 Å². The highest BCUT2D eigenvalue weighted by molar-refractivity contribution is 7.99. The molecule has 2 aromatic carbocycles. The zero-order valence-electron chi connectivity index (χ0n) is 11.8. The molecule has 0 spiro atoms. The average Bonchev–Trinajstić information content (AvgIpc) is 2.53. The first-order valence-corrected chi connectivity index (χ1v) is 8.04. The number of thioether (sulfide) groups is 1. The Bertz CT molecular complexity index is 558. The first-order chi connectivity index (χ1) is 10.3. The minimum absolute atomic E-state index is 0.633. The number of anilines is 1. The van der Waals surface area contributed by atoms with Crippen LogP contribution in [0.5, 0.6) is 5.75 Å². The third-order valence-corrected chi connectivity index (χ3v) is 4.01. The molecular formula is C16H18N2OS2. The van der Waals surface area contributed by atoms with E-state index in [1.165, 1.54) is 4.90 Å². The summed E-state index contributed by atoms with van der Waals surface area (Å²) in [6.07, 6.45) is 0. The van der Waals surface area contributed by atoms with E-state index in [1.54, 1.807) is 7.11 Å². The van der Waals surface area contributed by atoms with Gasteiger partial charge in [0.2, 0.25) is 0 Å². The zero-order chi connectivity index (χ0) is 14.9. The third-order valence-electron chi connectivity index (χ3n) is 2.75. The largest absolute Gasteiger partial charge is 0.497 e. The number of thiocarbonyl (C=S) groups is 1. The molecule has 0 saturated heterocycles. The van der Waals surface area contributed by atoms with Crippen LogP contribution in [0.4, 0.5) is 5.69 Å². The van der Waals surface area contributed by atoms with E-state index in [1.807, 2.05) is 54.2 Å². The van der Waals surface area contributed by atoms with Gasteiger partial charge in [-0.05, 0) is 48.6 Å². The molecule has 0 atom stereocenters. The maximum Gasteiger partial charge on any atom is 0.170 e. The van der Waals surface area contributed by atoms with Crippen molar-refractivity contribution in [3.63, 3.8) is 0 Å². The Hall–Kier alpha value is -1.72. The quantitative estimate of drug-likeness (QED) is 0.481. The highest BCUT2D eigenvalue weighted by Gasteiger charge is 1.98. The van der Waals surface area contributed by atoms with E-state index < -0.39 is 0 Å². The molecule has 5 heteroatoms. The molecule has 110 valence electrons. The molecule has 0 radical (unpaired) electrons. The maximum absolute atomic E-state index is 5.26. The van der Waals surface area contributed by atoms with Crippen LogP contribution in [-0.2, 0) is 0 Å². The average molecular weight is 318 g/mol. The van der Waals surface area contributed by atoms with Crippen LogP contribution < -0.4 is 15.4 Å². The van der Waals surface area contributed by atoms with Gasteiger partial charge in [0.25, 0.3) is 0 Å². The SMILES string of the molecule is COc1ccc(NC(=S)NCCSc2ccccc2)cc1. The standard InChI is InChI=1S/C16H18N2OS2/c1-19-14-9-7-13(8-10-14)18-16(20)17-11-12-21-15-5-3-2-4-6-15/h2-10H,11-12H2,1H3,(H2,17,18,20). The van der Waals surface area contributed by atoms with Gasteiger partial charge in [0, 0.05) is 22.9 Å². The Balaban J connectivity index is 1.67. The normalized spacial score (nSPS) is 9.95. The Morgan fingerprint density at radius 1 is 1.10 bits per heavy atom. The second kappa shape index (κ2) is 8.54. The molecule has 2 rings (SSSR count). The van der Waals surface area contributed by atoms with Crippen LogP contribution in [0.25, 0.3) is 0 Å². The van der Waals surface area contributed by atoms with E-state index in [0.29, 0.717) is 5.11 Å². The lowest BCUT2D eigenvalue weighted by Crippen LogP contribution is -2.30. The van der Waals surface area contributed by atoms with E-state index >= 15 is 0 Å². The lowest BCUT2D eigenvalue weighted by molar-refractivity contribution is 0.415. The van der Waals surface area contributed by atoms with Crippen LogP contribution in [0.15, 0.2) is 59.5 Å². The molecular weight excluding hydrogens is 300 g/mol. The molecule has 0 aliphatic rings. The van der Waals surface area contributed by atoms with E-state index in [9.17, 15) is 0 Å². The molecule has 0 amide bonds. The van der Waals surface area contributed by atoms with E-state index in [0.717, 1.165) is 23.7 Å². The highest BCUT2D eigenvalue weighted by atomic mass is 32.2. The van der Waals surface area contributed by atoms with Crippen LogP contribution in [0, 0.1) is 0 Å².